The van der Waals surface area contributed by atoms with Gasteiger partial charge in [0.1, 0.15) is 8.80 Å². The van der Waals surface area contributed by atoms with E-state index in [2.05, 4.69) is 142 Å². The van der Waals surface area contributed by atoms with Gasteiger partial charge in [-0.1, -0.05) is 169 Å². The van der Waals surface area contributed by atoms with E-state index >= 15 is 0 Å². The average molecular weight is 733 g/mol. The maximum atomic E-state index is 2.61. The molecule has 0 aliphatic heterocycles. The Morgan fingerprint density at radius 2 is 0.909 bits per heavy atom. The maximum Gasteiger partial charge on any atom is 4.00 e. The van der Waals surface area contributed by atoms with E-state index in [0.29, 0.717) is 0 Å². The Morgan fingerprint density at radius 3 is 1.30 bits per heavy atom. The van der Waals surface area contributed by atoms with Gasteiger partial charge in [-0.05, 0) is 27.7 Å². The molecule has 7 heteroatoms. The van der Waals surface area contributed by atoms with E-state index < -0.39 is 24.9 Å². The Labute approximate surface area is 306 Å². The zero-order valence-corrected chi connectivity index (χ0v) is 35.9. The molecule has 0 aliphatic rings. The van der Waals surface area contributed by atoms with Crippen LogP contribution in [0.4, 0.5) is 0 Å². The molecule has 0 saturated heterocycles. The summed E-state index contributed by atoms with van der Waals surface area (Å²) in [5, 5.41) is 6.34. The number of halogens is 3. The van der Waals surface area contributed by atoms with Crippen molar-refractivity contribution in [1.29, 1.82) is 0 Å². The molecular weight excluding hydrogens is 683 g/mol. The molecule has 0 fully saturated rings. The van der Waals surface area contributed by atoms with E-state index in [1.807, 2.05) is 0 Å². The van der Waals surface area contributed by atoms with Crippen molar-refractivity contribution in [3.63, 3.8) is 0 Å². The van der Waals surface area contributed by atoms with E-state index in [9.17, 15) is 0 Å². The molecule has 1 radical (unpaired) electrons. The number of aryl methyl sites for hydroxylation is 4. The second-order valence-electron chi connectivity index (χ2n) is 14.4. The van der Waals surface area contributed by atoms with Crippen molar-refractivity contribution in [1.82, 2.24) is 0 Å². The summed E-state index contributed by atoms with van der Waals surface area (Å²) in [6.45, 7) is 31.0. The summed E-state index contributed by atoms with van der Waals surface area (Å²) in [6, 6.07) is 23.4. The van der Waals surface area contributed by atoms with Crippen molar-refractivity contribution in [3.05, 3.63) is 99.1 Å². The smallest absolute Gasteiger partial charge is 1.00 e. The van der Waals surface area contributed by atoms with Gasteiger partial charge in [0.15, 0.2) is 0 Å². The summed E-state index contributed by atoms with van der Waals surface area (Å²) in [5.74, 6) is 0. The molecule has 44 heavy (non-hydrogen) atoms. The summed E-state index contributed by atoms with van der Waals surface area (Å²) >= 11 is 0. The Balaban J connectivity index is 0.00000462. The molecule has 0 nitrogen and oxygen atoms in total. The molecule has 0 aliphatic carbocycles. The topological polar surface area (TPSA) is 0 Å². The SMILES string of the molecule is Cc1cc(C)cc(-c2c(C)c(C)c(C)[c-]2C[Si](c2cc(C)cc([Si](C)(C)C)c2)c2cc(C)cc([Si](C)(C)C)c2)c1.[Cl-].[Cl-].[Cl-].[Ti+4]. The first-order chi connectivity index (χ1) is 18.5. The minimum atomic E-state index is -1.46. The molecule has 4 aromatic rings. The Kier molecular flexibility index (Phi) is 16.1. The first kappa shape index (κ1) is 43.2. The van der Waals surface area contributed by atoms with Crippen LogP contribution in [-0.2, 0) is 27.8 Å². The Hall–Kier alpha value is -0.755. The molecule has 0 atom stereocenters. The molecule has 0 bridgehead atoms. The molecule has 0 heterocycles. The summed E-state index contributed by atoms with van der Waals surface area (Å²) in [4.78, 5) is 0. The van der Waals surface area contributed by atoms with Crippen LogP contribution in [0.15, 0.2) is 54.6 Å². The van der Waals surface area contributed by atoms with Crippen LogP contribution >= 0.6 is 0 Å². The van der Waals surface area contributed by atoms with E-state index in [0.717, 1.165) is 6.04 Å². The summed E-state index contributed by atoms with van der Waals surface area (Å²) in [7, 11) is -4.00. The molecule has 4 aromatic carbocycles. The van der Waals surface area contributed by atoms with Crippen LogP contribution in [0.2, 0.25) is 39.3 Å². The fourth-order valence-corrected chi connectivity index (χ4v) is 12.0. The standard InChI is InChI=1S/C37H50Si3.3ClH.Ti/c1-24-14-25(2)16-31(15-24)37-30(7)28(5)29(6)36(37)23-38(32-17-26(3)19-34(21-32)39(8,9)10)33-18-27(4)20-35(22-33)40(11,12)13;;;;/h14-22H,23H2,1-13H3;3*1H;/q-1;;;;+4/p-3. The van der Waals surface area contributed by atoms with Gasteiger partial charge in [-0.2, -0.15) is 11.1 Å². The van der Waals surface area contributed by atoms with Crippen molar-refractivity contribution in [2.75, 3.05) is 0 Å². The van der Waals surface area contributed by atoms with Gasteiger partial charge in [-0.3, -0.25) is 0 Å². The van der Waals surface area contributed by atoms with Crippen molar-refractivity contribution >= 4 is 45.7 Å². The van der Waals surface area contributed by atoms with Gasteiger partial charge in [0, 0.05) is 0 Å². The van der Waals surface area contributed by atoms with Gasteiger partial charge in [0.05, 0.1) is 16.1 Å². The fraction of sp³-hybridized carbons (Fsp3) is 0.378. The van der Waals surface area contributed by atoms with Crippen LogP contribution in [0.25, 0.3) is 11.1 Å². The minimum absolute atomic E-state index is 0. The van der Waals surface area contributed by atoms with Crippen molar-refractivity contribution in [2.45, 2.75) is 93.8 Å². The molecule has 0 spiro atoms. The molecule has 4 rings (SSSR count). The zero-order chi connectivity index (χ0) is 29.7. The average Bonchev–Trinajstić information content (AvgIpc) is 3.03. The Bertz CT molecular complexity index is 1490. The van der Waals surface area contributed by atoms with E-state index in [4.69, 9.17) is 0 Å². The second kappa shape index (κ2) is 16.4. The van der Waals surface area contributed by atoms with Crippen LogP contribution in [-0.4, -0.2) is 24.9 Å². The summed E-state index contributed by atoms with van der Waals surface area (Å²) < 4.78 is 0. The molecule has 0 saturated carbocycles. The fourth-order valence-electron chi connectivity index (χ4n) is 6.17. The third-order valence-corrected chi connectivity index (χ3v) is 15.4. The van der Waals surface area contributed by atoms with E-state index in [1.54, 1.807) is 26.3 Å². The summed E-state index contributed by atoms with van der Waals surface area (Å²) in [5.41, 5.74) is 14.4. The van der Waals surface area contributed by atoms with Crippen molar-refractivity contribution < 1.29 is 58.9 Å². The van der Waals surface area contributed by atoms with Gasteiger partial charge in [0.25, 0.3) is 0 Å². The number of benzene rings is 3. The third kappa shape index (κ3) is 9.64. The quantitative estimate of drug-likeness (QED) is 0.164. The van der Waals surface area contributed by atoms with Gasteiger partial charge >= 0.3 is 21.7 Å². The molecule has 235 valence electrons. The number of hydrogen-bond donors (Lipinski definition) is 0. The van der Waals surface area contributed by atoms with E-state index in [1.165, 1.54) is 50.1 Å². The molecule has 0 N–H and O–H groups in total. The van der Waals surface area contributed by atoms with Crippen LogP contribution < -0.4 is 58.0 Å². The maximum absolute atomic E-state index is 2.61. The van der Waals surface area contributed by atoms with Gasteiger partial charge < -0.3 is 37.2 Å². The van der Waals surface area contributed by atoms with Gasteiger partial charge in [0.2, 0.25) is 0 Å². The first-order valence-electron chi connectivity index (χ1n) is 14.9. The van der Waals surface area contributed by atoms with Gasteiger partial charge in [-0.25, -0.2) is 0 Å². The summed E-state index contributed by atoms with van der Waals surface area (Å²) in [6.07, 6.45) is 0. The van der Waals surface area contributed by atoms with E-state index in [-0.39, 0.29) is 58.9 Å². The normalized spacial score (nSPS) is 11.3. The largest absolute Gasteiger partial charge is 4.00 e. The zero-order valence-electron chi connectivity index (χ0n) is 29.0. The van der Waals surface area contributed by atoms with Crippen molar-refractivity contribution in [3.8, 4) is 11.1 Å². The minimum Gasteiger partial charge on any atom is -1.00 e. The third-order valence-electron chi connectivity index (χ3n) is 8.70. The second-order valence-corrected chi connectivity index (χ2v) is 27.1. The number of hydrogen-bond acceptors (Lipinski definition) is 0. The van der Waals surface area contributed by atoms with Crippen LogP contribution in [0.5, 0.6) is 0 Å². The Morgan fingerprint density at radius 1 is 0.523 bits per heavy atom. The van der Waals surface area contributed by atoms with Crippen LogP contribution in [0.1, 0.15) is 44.5 Å². The molecule has 0 amide bonds. The first-order valence-corrected chi connectivity index (χ1v) is 23.6. The molecular formula is C37H50Cl3Si3Ti. The molecule has 0 unspecified atom stereocenters. The molecule has 0 aromatic heterocycles. The number of rotatable bonds is 7. The van der Waals surface area contributed by atoms with Crippen LogP contribution in [0, 0.1) is 48.5 Å². The van der Waals surface area contributed by atoms with Gasteiger partial charge in [-0.15, -0.1) is 16.7 Å². The van der Waals surface area contributed by atoms with Crippen LogP contribution in [0.3, 0.4) is 0 Å². The predicted molar refractivity (Wildman–Crippen MR) is 188 cm³/mol. The monoisotopic (exact) mass is 731 g/mol. The van der Waals surface area contributed by atoms with Crippen molar-refractivity contribution in [2.24, 2.45) is 0 Å². The predicted octanol–water partition coefficient (Wildman–Crippen LogP) is -1.28.